The van der Waals surface area contributed by atoms with E-state index in [0.29, 0.717) is 35.4 Å². The van der Waals surface area contributed by atoms with Crippen molar-refractivity contribution >= 4 is 11.6 Å². The van der Waals surface area contributed by atoms with Gasteiger partial charge in [-0.25, -0.2) is 0 Å². The van der Waals surface area contributed by atoms with E-state index in [1.807, 2.05) is 0 Å². The SMILES string of the molecule is CC(=O)C[C@@H](O)[C@H](O)[C@@H](C)[C@H]1CC[C@H]2[C@@H]3CC(=O)[C@]45C[C@H]4CC[C@]5(C)[C@H]3CC[C@]12C. The van der Waals surface area contributed by atoms with Gasteiger partial charge in [-0.05, 0) is 98.2 Å². The van der Waals surface area contributed by atoms with Gasteiger partial charge in [-0.3, -0.25) is 9.59 Å². The minimum absolute atomic E-state index is 0.0270. The first kappa shape index (κ1) is 21.1. The van der Waals surface area contributed by atoms with E-state index < -0.39 is 12.2 Å². The Morgan fingerprint density at radius 2 is 1.83 bits per heavy atom. The van der Waals surface area contributed by atoms with Crippen molar-refractivity contribution in [2.45, 2.75) is 97.7 Å². The maximum atomic E-state index is 13.4. The Hall–Kier alpha value is -0.740. The summed E-state index contributed by atoms with van der Waals surface area (Å²) in [5.41, 5.74) is 0.389. The van der Waals surface area contributed by atoms with Gasteiger partial charge in [0.1, 0.15) is 11.6 Å². The van der Waals surface area contributed by atoms with Crippen LogP contribution in [0.3, 0.4) is 0 Å². The average Bonchev–Trinajstić information content (AvgIpc) is 3.21. The van der Waals surface area contributed by atoms with Crippen LogP contribution in [0.4, 0.5) is 0 Å². The minimum Gasteiger partial charge on any atom is -0.390 e. The number of hydrogen-bond donors (Lipinski definition) is 2. The Morgan fingerprint density at radius 1 is 1.10 bits per heavy atom. The van der Waals surface area contributed by atoms with Gasteiger partial charge < -0.3 is 10.2 Å². The molecule has 0 aromatic carbocycles. The largest absolute Gasteiger partial charge is 0.390 e. The smallest absolute Gasteiger partial charge is 0.140 e. The van der Waals surface area contributed by atoms with Gasteiger partial charge in [0, 0.05) is 18.3 Å². The van der Waals surface area contributed by atoms with Gasteiger partial charge in [-0.2, -0.15) is 0 Å². The molecule has 0 aromatic heterocycles. The Labute approximate surface area is 181 Å². The van der Waals surface area contributed by atoms with Crippen molar-refractivity contribution in [1.82, 2.24) is 0 Å². The predicted molar refractivity (Wildman–Crippen MR) is 115 cm³/mol. The molecule has 0 aliphatic heterocycles. The lowest BCUT2D eigenvalue weighted by molar-refractivity contribution is -0.153. The summed E-state index contributed by atoms with van der Waals surface area (Å²) in [6.45, 7) is 8.38. The maximum absolute atomic E-state index is 13.4. The minimum atomic E-state index is -0.975. The van der Waals surface area contributed by atoms with E-state index in [9.17, 15) is 19.8 Å². The molecule has 0 unspecified atom stereocenters. The van der Waals surface area contributed by atoms with E-state index in [2.05, 4.69) is 20.8 Å². The molecule has 11 atom stereocenters. The summed E-state index contributed by atoms with van der Waals surface area (Å²) in [7, 11) is 0. The van der Waals surface area contributed by atoms with E-state index in [1.165, 1.54) is 32.6 Å². The van der Waals surface area contributed by atoms with E-state index in [-0.39, 0.29) is 34.4 Å². The molecular formula is C26H40O4. The fourth-order valence-corrected chi connectivity index (χ4v) is 9.92. The van der Waals surface area contributed by atoms with Crippen LogP contribution in [0.1, 0.15) is 85.5 Å². The number of ketones is 2. The number of carbonyl (C=O) groups excluding carboxylic acids is 2. The van der Waals surface area contributed by atoms with E-state index in [1.54, 1.807) is 0 Å². The molecule has 4 nitrogen and oxygen atoms in total. The normalized spacial score (nSPS) is 51.9. The lowest BCUT2D eigenvalue weighted by atomic mass is 9.45. The van der Waals surface area contributed by atoms with Gasteiger partial charge in [0.2, 0.25) is 0 Å². The Bertz CT molecular complexity index is 762. The summed E-state index contributed by atoms with van der Waals surface area (Å²) in [6.07, 6.45) is 7.23. The van der Waals surface area contributed by atoms with Gasteiger partial charge in [0.05, 0.1) is 12.2 Å². The molecule has 30 heavy (non-hydrogen) atoms. The van der Waals surface area contributed by atoms with Gasteiger partial charge in [0.15, 0.2) is 0 Å². The molecule has 0 aromatic rings. The van der Waals surface area contributed by atoms with Crippen molar-refractivity contribution in [2.24, 2.45) is 51.8 Å². The lowest BCUT2D eigenvalue weighted by Crippen LogP contribution is -2.55. The second-order valence-corrected chi connectivity index (χ2v) is 12.4. The summed E-state index contributed by atoms with van der Waals surface area (Å²) in [5.74, 6) is 3.22. The van der Waals surface area contributed by atoms with Gasteiger partial charge >= 0.3 is 0 Å². The molecule has 4 heteroatoms. The number of aliphatic hydroxyl groups is 2. The molecule has 0 radical (unpaired) electrons. The Kier molecular flexibility index (Phi) is 4.67. The Balaban J connectivity index is 1.38. The molecule has 0 heterocycles. The van der Waals surface area contributed by atoms with Crippen molar-refractivity contribution in [1.29, 1.82) is 0 Å². The maximum Gasteiger partial charge on any atom is 0.140 e. The third kappa shape index (κ3) is 2.53. The first-order valence-corrected chi connectivity index (χ1v) is 12.4. The monoisotopic (exact) mass is 416 g/mol. The van der Waals surface area contributed by atoms with Crippen LogP contribution >= 0.6 is 0 Å². The second-order valence-electron chi connectivity index (χ2n) is 12.4. The van der Waals surface area contributed by atoms with Crippen LogP contribution < -0.4 is 0 Å². The summed E-state index contributed by atoms with van der Waals surface area (Å²) in [5, 5.41) is 21.2. The quantitative estimate of drug-likeness (QED) is 0.706. The molecule has 5 aliphatic rings. The first-order valence-electron chi connectivity index (χ1n) is 12.4. The van der Waals surface area contributed by atoms with Gasteiger partial charge in [-0.1, -0.05) is 20.8 Å². The number of fused-ring (bicyclic) bond motifs is 4. The molecule has 5 saturated carbocycles. The fraction of sp³-hybridized carbons (Fsp3) is 0.923. The standard InChI is InChI=1S/C26H40O4/c1-14(27)11-21(28)23(30)15(2)18-5-6-19-17-12-22(29)26-13-16(26)7-10-25(26,4)20(17)8-9-24(18,19)3/h15-21,23,28,30H,5-13H2,1-4H3/t15-,16+,17-,18+,19-,20-,21+,23+,24+,25+,26-/m0/s1. The van der Waals surface area contributed by atoms with Crippen LogP contribution in [0.2, 0.25) is 0 Å². The van der Waals surface area contributed by atoms with Crippen molar-refractivity contribution in [3.05, 3.63) is 0 Å². The molecule has 5 fully saturated rings. The summed E-state index contributed by atoms with van der Waals surface area (Å²) in [4.78, 5) is 24.8. The van der Waals surface area contributed by atoms with Crippen molar-refractivity contribution in [3.8, 4) is 0 Å². The van der Waals surface area contributed by atoms with Crippen molar-refractivity contribution in [3.63, 3.8) is 0 Å². The number of Topliss-reactive ketones (excluding diaryl/α,β-unsaturated/α-hetero) is 2. The Morgan fingerprint density at radius 3 is 2.50 bits per heavy atom. The molecule has 0 amide bonds. The van der Waals surface area contributed by atoms with Crippen LogP contribution in [-0.2, 0) is 9.59 Å². The highest BCUT2D eigenvalue weighted by atomic mass is 16.3. The van der Waals surface area contributed by atoms with Crippen molar-refractivity contribution in [2.75, 3.05) is 0 Å². The van der Waals surface area contributed by atoms with E-state index in [4.69, 9.17) is 0 Å². The van der Waals surface area contributed by atoms with Crippen LogP contribution in [0.15, 0.2) is 0 Å². The molecule has 0 bridgehead atoms. The third-order valence-corrected chi connectivity index (χ3v) is 11.4. The fourth-order valence-electron chi connectivity index (χ4n) is 9.92. The highest BCUT2D eigenvalue weighted by Crippen LogP contribution is 2.80. The van der Waals surface area contributed by atoms with Gasteiger partial charge in [0.25, 0.3) is 0 Å². The molecule has 168 valence electrons. The second kappa shape index (κ2) is 6.63. The summed E-state index contributed by atoms with van der Waals surface area (Å²) >= 11 is 0. The molecule has 1 spiro atoms. The van der Waals surface area contributed by atoms with Crippen LogP contribution in [0.25, 0.3) is 0 Å². The zero-order chi connectivity index (χ0) is 21.6. The zero-order valence-corrected chi connectivity index (χ0v) is 19.2. The first-order chi connectivity index (χ1) is 14.1. The highest BCUT2D eigenvalue weighted by Gasteiger charge is 2.77. The van der Waals surface area contributed by atoms with Crippen molar-refractivity contribution < 1.29 is 19.8 Å². The van der Waals surface area contributed by atoms with E-state index >= 15 is 0 Å². The van der Waals surface area contributed by atoms with Crippen LogP contribution in [0.5, 0.6) is 0 Å². The summed E-state index contributed by atoms with van der Waals surface area (Å²) in [6, 6.07) is 0. The van der Waals surface area contributed by atoms with Crippen LogP contribution in [-0.4, -0.2) is 34.0 Å². The van der Waals surface area contributed by atoms with E-state index in [0.717, 1.165) is 25.7 Å². The lowest BCUT2D eigenvalue weighted by Gasteiger charge is -2.58. The van der Waals surface area contributed by atoms with Gasteiger partial charge in [-0.15, -0.1) is 0 Å². The predicted octanol–water partition coefficient (Wildman–Crippen LogP) is 4.16. The molecular weight excluding hydrogens is 376 g/mol. The van der Waals surface area contributed by atoms with Crippen LogP contribution in [0, 0.1) is 51.8 Å². The number of hydrogen-bond acceptors (Lipinski definition) is 4. The molecule has 5 aliphatic carbocycles. The number of aliphatic hydroxyl groups excluding tert-OH is 2. The number of carbonyl (C=O) groups is 2. The third-order valence-electron chi connectivity index (χ3n) is 11.4. The molecule has 2 N–H and O–H groups in total. The zero-order valence-electron chi connectivity index (χ0n) is 19.2. The molecule has 5 rings (SSSR count). The summed E-state index contributed by atoms with van der Waals surface area (Å²) < 4.78 is 0. The molecule has 0 saturated heterocycles. The highest BCUT2D eigenvalue weighted by molar-refractivity contribution is 5.91. The average molecular weight is 417 g/mol. The topological polar surface area (TPSA) is 74.6 Å². The number of rotatable bonds is 5.